The van der Waals surface area contributed by atoms with Crippen molar-refractivity contribution < 1.29 is 9.53 Å². The zero-order valence-corrected chi connectivity index (χ0v) is 12.6. The van der Waals surface area contributed by atoms with E-state index in [1.165, 1.54) is 5.56 Å². The van der Waals surface area contributed by atoms with E-state index in [0.717, 1.165) is 50.9 Å². The molecule has 1 aromatic carbocycles. The van der Waals surface area contributed by atoms with Gasteiger partial charge in [-0.2, -0.15) is 0 Å². The van der Waals surface area contributed by atoms with Gasteiger partial charge < -0.3 is 9.64 Å². The van der Waals surface area contributed by atoms with Crippen molar-refractivity contribution in [3.8, 4) is 0 Å². The van der Waals surface area contributed by atoms with Crippen molar-refractivity contribution in [1.82, 2.24) is 4.90 Å². The Kier molecular flexibility index (Phi) is 5.60. The number of hydrogen-bond acceptors (Lipinski definition) is 2. The number of hydrogen-bond donors (Lipinski definition) is 0. The van der Waals surface area contributed by atoms with E-state index in [4.69, 9.17) is 4.74 Å². The molecule has 0 radical (unpaired) electrons. The van der Waals surface area contributed by atoms with Crippen molar-refractivity contribution in [2.24, 2.45) is 5.92 Å². The van der Waals surface area contributed by atoms with Crippen LogP contribution in [0.3, 0.4) is 0 Å². The quantitative estimate of drug-likeness (QED) is 0.826. The third kappa shape index (κ3) is 3.83. The number of carbonyl (C=O) groups is 1. The molecule has 0 N–H and O–H groups in total. The molecule has 1 fully saturated rings. The van der Waals surface area contributed by atoms with Gasteiger partial charge in [0.1, 0.15) is 0 Å². The standard InChI is InChI=1S/C17H25NO2/c1-3-14-4-6-16(7-5-14)17(19)18-11-8-15(9-12-18)10-13-20-2/h4-7,15H,3,8-13H2,1-2H3. The Bertz CT molecular complexity index is 419. The van der Waals surface area contributed by atoms with Gasteiger partial charge in [0.15, 0.2) is 0 Å². The Balaban J connectivity index is 1.87. The molecule has 0 saturated carbocycles. The number of likely N-dealkylation sites (tertiary alicyclic amines) is 1. The van der Waals surface area contributed by atoms with E-state index in [2.05, 4.69) is 19.1 Å². The number of aryl methyl sites for hydroxylation is 1. The van der Waals surface area contributed by atoms with E-state index in [0.29, 0.717) is 5.92 Å². The van der Waals surface area contributed by atoms with Crippen molar-refractivity contribution in [2.45, 2.75) is 32.6 Å². The smallest absolute Gasteiger partial charge is 0.253 e. The number of carbonyl (C=O) groups excluding carboxylic acids is 1. The molecule has 0 unspecified atom stereocenters. The zero-order valence-electron chi connectivity index (χ0n) is 12.6. The van der Waals surface area contributed by atoms with E-state index < -0.39 is 0 Å². The van der Waals surface area contributed by atoms with Gasteiger partial charge in [-0.15, -0.1) is 0 Å². The third-order valence-corrected chi connectivity index (χ3v) is 4.24. The first kappa shape index (κ1) is 15.0. The molecule has 1 aliphatic rings. The first-order valence-electron chi connectivity index (χ1n) is 7.61. The summed E-state index contributed by atoms with van der Waals surface area (Å²) in [5.74, 6) is 0.888. The average molecular weight is 275 g/mol. The van der Waals surface area contributed by atoms with Crippen LogP contribution in [0, 0.1) is 5.92 Å². The summed E-state index contributed by atoms with van der Waals surface area (Å²) in [6.45, 7) is 4.71. The molecule has 1 amide bonds. The second-order valence-corrected chi connectivity index (χ2v) is 5.57. The number of rotatable bonds is 5. The highest BCUT2D eigenvalue weighted by Gasteiger charge is 2.23. The van der Waals surface area contributed by atoms with Crippen molar-refractivity contribution in [2.75, 3.05) is 26.8 Å². The summed E-state index contributed by atoms with van der Waals surface area (Å²) in [4.78, 5) is 14.4. The van der Waals surface area contributed by atoms with E-state index in [-0.39, 0.29) is 5.91 Å². The molecule has 3 nitrogen and oxygen atoms in total. The average Bonchev–Trinajstić information content (AvgIpc) is 2.53. The van der Waals surface area contributed by atoms with Crippen LogP contribution in [0.1, 0.15) is 42.1 Å². The summed E-state index contributed by atoms with van der Waals surface area (Å²) < 4.78 is 5.13. The molecule has 0 bridgehead atoms. The van der Waals surface area contributed by atoms with Crippen molar-refractivity contribution in [3.05, 3.63) is 35.4 Å². The van der Waals surface area contributed by atoms with E-state index in [1.54, 1.807) is 7.11 Å². The lowest BCUT2D eigenvalue weighted by molar-refractivity contribution is 0.0669. The van der Waals surface area contributed by atoms with Crippen LogP contribution in [-0.4, -0.2) is 37.6 Å². The molecule has 20 heavy (non-hydrogen) atoms. The van der Waals surface area contributed by atoms with Crippen LogP contribution in [0.25, 0.3) is 0 Å². The normalized spacial score (nSPS) is 16.4. The predicted molar refractivity (Wildman–Crippen MR) is 80.9 cm³/mol. The number of amides is 1. The molecule has 3 heteroatoms. The first-order chi connectivity index (χ1) is 9.74. The fourth-order valence-corrected chi connectivity index (χ4v) is 2.77. The number of ether oxygens (including phenoxy) is 1. The Labute approximate surface area is 121 Å². The second-order valence-electron chi connectivity index (χ2n) is 5.57. The molecule has 0 aromatic heterocycles. The Morgan fingerprint density at radius 1 is 1.25 bits per heavy atom. The number of benzene rings is 1. The van der Waals surface area contributed by atoms with Crippen LogP contribution < -0.4 is 0 Å². The van der Waals surface area contributed by atoms with Crippen LogP contribution >= 0.6 is 0 Å². The Morgan fingerprint density at radius 2 is 1.90 bits per heavy atom. The topological polar surface area (TPSA) is 29.5 Å². The minimum absolute atomic E-state index is 0.179. The van der Waals surface area contributed by atoms with E-state index in [1.807, 2.05) is 17.0 Å². The van der Waals surface area contributed by atoms with Crippen molar-refractivity contribution in [3.63, 3.8) is 0 Å². The number of nitrogens with zero attached hydrogens (tertiary/aromatic N) is 1. The molecule has 110 valence electrons. The Morgan fingerprint density at radius 3 is 2.45 bits per heavy atom. The lowest BCUT2D eigenvalue weighted by Crippen LogP contribution is -2.38. The third-order valence-electron chi connectivity index (χ3n) is 4.24. The highest BCUT2D eigenvalue weighted by Crippen LogP contribution is 2.22. The van der Waals surface area contributed by atoms with Gasteiger partial charge >= 0.3 is 0 Å². The summed E-state index contributed by atoms with van der Waals surface area (Å²) in [6.07, 6.45) is 4.33. The molecule has 0 spiro atoms. The zero-order chi connectivity index (χ0) is 14.4. The summed E-state index contributed by atoms with van der Waals surface area (Å²) >= 11 is 0. The Hall–Kier alpha value is -1.35. The van der Waals surface area contributed by atoms with Crippen molar-refractivity contribution >= 4 is 5.91 Å². The molecule has 1 aromatic rings. The van der Waals surface area contributed by atoms with Crippen molar-refractivity contribution in [1.29, 1.82) is 0 Å². The molecule has 0 atom stereocenters. The monoisotopic (exact) mass is 275 g/mol. The van der Waals surface area contributed by atoms with Gasteiger partial charge in [0, 0.05) is 32.4 Å². The first-order valence-corrected chi connectivity index (χ1v) is 7.61. The molecule has 1 saturated heterocycles. The molecule has 1 aliphatic heterocycles. The fourth-order valence-electron chi connectivity index (χ4n) is 2.77. The van der Waals surface area contributed by atoms with Gasteiger partial charge in [0.2, 0.25) is 0 Å². The van der Waals surface area contributed by atoms with E-state index in [9.17, 15) is 4.79 Å². The van der Waals surface area contributed by atoms with Gasteiger partial charge in [0.25, 0.3) is 5.91 Å². The fraction of sp³-hybridized carbons (Fsp3) is 0.588. The molecular weight excluding hydrogens is 250 g/mol. The van der Waals surface area contributed by atoms with Crippen LogP contribution in [0.15, 0.2) is 24.3 Å². The minimum Gasteiger partial charge on any atom is -0.385 e. The van der Waals surface area contributed by atoms with Gasteiger partial charge in [-0.25, -0.2) is 0 Å². The SMILES string of the molecule is CCc1ccc(C(=O)N2CCC(CCOC)CC2)cc1. The van der Waals surface area contributed by atoms with Crippen LogP contribution in [0.2, 0.25) is 0 Å². The maximum Gasteiger partial charge on any atom is 0.253 e. The van der Waals surface area contributed by atoms with Gasteiger partial charge in [-0.3, -0.25) is 4.79 Å². The molecule has 1 heterocycles. The van der Waals surface area contributed by atoms with Crippen LogP contribution in [0.4, 0.5) is 0 Å². The molecular formula is C17H25NO2. The summed E-state index contributed by atoms with van der Waals surface area (Å²) in [5, 5.41) is 0. The lowest BCUT2D eigenvalue weighted by atomic mass is 9.93. The minimum atomic E-state index is 0.179. The number of methoxy groups -OCH3 is 1. The summed E-state index contributed by atoms with van der Waals surface area (Å²) in [5.41, 5.74) is 2.09. The van der Waals surface area contributed by atoms with Gasteiger partial charge in [-0.1, -0.05) is 19.1 Å². The highest BCUT2D eigenvalue weighted by molar-refractivity contribution is 5.94. The largest absolute Gasteiger partial charge is 0.385 e. The highest BCUT2D eigenvalue weighted by atomic mass is 16.5. The van der Waals surface area contributed by atoms with Gasteiger partial charge in [-0.05, 0) is 49.3 Å². The van der Waals surface area contributed by atoms with Gasteiger partial charge in [0.05, 0.1) is 0 Å². The van der Waals surface area contributed by atoms with Crippen LogP contribution in [0.5, 0.6) is 0 Å². The maximum absolute atomic E-state index is 12.4. The summed E-state index contributed by atoms with van der Waals surface area (Å²) in [6, 6.07) is 8.02. The molecule has 0 aliphatic carbocycles. The maximum atomic E-state index is 12.4. The van der Waals surface area contributed by atoms with Crippen LogP contribution in [-0.2, 0) is 11.2 Å². The van der Waals surface area contributed by atoms with E-state index >= 15 is 0 Å². The second kappa shape index (κ2) is 7.44. The molecule has 2 rings (SSSR count). The lowest BCUT2D eigenvalue weighted by Gasteiger charge is -2.32. The number of piperidine rings is 1. The summed E-state index contributed by atoms with van der Waals surface area (Å²) in [7, 11) is 1.75. The predicted octanol–water partition coefficient (Wildman–Crippen LogP) is 3.14.